The molecule has 0 radical (unpaired) electrons. The van der Waals surface area contributed by atoms with Crippen LogP contribution in [0.3, 0.4) is 0 Å². The SMILES string of the molecule is CN=C(NCCCN1CCN(c2cccc(C(F)(F)F)c2)CC1)NCCC(F)(F)F. The second-order valence-electron chi connectivity index (χ2n) is 7.02. The predicted molar refractivity (Wildman–Crippen MR) is 105 cm³/mol. The molecule has 2 rings (SSSR count). The van der Waals surface area contributed by atoms with Gasteiger partial charge in [0, 0.05) is 52.0 Å². The molecule has 11 heteroatoms. The van der Waals surface area contributed by atoms with E-state index in [1.165, 1.54) is 19.2 Å². The third-order valence-electron chi connectivity index (χ3n) is 4.78. The largest absolute Gasteiger partial charge is 0.416 e. The second kappa shape index (κ2) is 10.7. The number of piperazine rings is 1. The van der Waals surface area contributed by atoms with Crippen molar-refractivity contribution < 1.29 is 26.3 Å². The Balaban J connectivity index is 1.67. The van der Waals surface area contributed by atoms with Crippen molar-refractivity contribution >= 4 is 11.6 Å². The predicted octanol–water partition coefficient (Wildman–Crippen LogP) is 3.33. The maximum Gasteiger partial charge on any atom is 0.416 e. The fraction of sp³-hybridized carbons (Fsp3) is 0.632. The molecule has 1 saturated heterocycles. The van der Waals surface area contributed by atoms with Crippen LogP contribution in [0.25, 0.3) is 0 Å². The highest BCUT2D eigenvalue weighted by molar-refractivity contribution is 5.79. The van der Waals surface area contributed by atoms with E-state index in [9.17, 15) is 26.3 Å². The van der Waals surface area contributed by atoms with Crippen molar-refractivity contribution in [3.63, 3.8) is 0 Å². The van der Waals surface area contributed by atoms with Gasteiger partial charge in [0.15, 0.2) is 5.96 Å². The van der Waals surface area contributed by atoms with Crippen LogP contribution in [-0.4, -0.2) is 69.9 Å². The van der Waals surface area contributed by atoms with Crippen LogP contribution in [0.5, 0.6) is 0 Å². The molecule has 0 aliphatic carbocycles. The molecule has 0 spiro atoms. The second-order valence-corrected chi connectivity index (χ2v) is 7.02. The number of nitrogens with zero attached hydrogens (tertiary/aromatic N) is 3. The zero-order valence-corrected chi connectivity index (χ0v) is 16.8. The van der Waals surface area contributed by atoms with Gasteiger partial charge in [-0.25, -0.2) is 0 Å². The average Bonchev–Trinajstić information content (AvgIpc) is 2.69. The Labute approximate surface area is 172 Å². The topological polar surface area (TPSA) is 42.9 Å². The Hall–Kier alpha value is -2.17. The zero-order chi connectivity index (χ0) is 22.2. The van der Waals surface area contributed by atoms with Gasteiger partial charge in [-0.15, -0.1) is 0 Å². The summed E-state index contributed by atoms with van der Waals surface area (Å²) in [7, 11) is 1.50. The number of hydrogen-bond acceptors (Lipinski definition) is 3. The van der Waals surface area contributed by atoms with Gasteiger partial charge in [-0.05, 0) is 31.2 Å². The first-order chi connectivity index (χ1) is 14.1. The Bertz CT molecular complexity index is 681. The number of hydrogen-bond donors (Lipinski definition) is 2. The highest BCUT2D eigenvalue weighted by Gasteiger charge is 2.31. The lowest BCUT2D eigenvalue weighted by atomic mass is 10.1. The van der Waals surface area contributed by atoms with Crippen molar-refractivity contribution in [2.75, 3.05) is 57.8 Å². The summed E-state index contributed by atoms with van der Waals surface area (Å²) in [5, 5.41) is 5.60. The number of rotatable bonds is 7. The number of halogens is 6. The molecule has 0 amide bonds. The van der Waals surface area contributed by atoms with E-state index in [4.69, 9.17) is 0 Å². The Morgan fingerprint density at radius 1 is 1.00 bits per heavy atom. The smallest absolute Gasteiger partial charge is 0.369 e. The van der Waals surface area contributed by atoms with E-state index in [-0.39, 0.29) is 6.54 Å². The van der Waals surface area contributed by atoms with E-state index in [0.717, 1.165) is 32.1 Å². The molecule has 1 aromatic rings. The van der Waals surface area contributed by atoms with Gasteiger partial charge in [-0.3, -0.25) is 9.89 Å². The van der Waals surface area contributed by atoms with Crippen molar-refractivity contribution in [1.29, 1.82) is 0 Å². The van der Waals surface area contributed by atoms with Crippen LogP contribution in [0.2, 0.25) is 0 Å². The first-order valence-corrected chi connectivity index (χ1v) is 9.74. The number of anilines is 1. The van der Waals surface area contributed by atoms with Crippen LogP contribution < -0.4 is 15.5 Å². The third kappa shape index (κ3) is 8.29. The van der Waals surface area contributed by atoms with Gasteiger partial charge in [0.05, 0.1) is 12.0 Å². The van der Waals surface area contributed by atoms with Gasteiger partial charge >= 0.3 is 12.4 Å². The number of aliphatic imine (C=N–C) groups is 1. The van der Waals surface area contributed by atoms with Crippen molar-refractivity contribution in [3.05, 3.63) is 29.8 Å². The van der Waals surface area contributed by atoms with Crippen molar-refractivity contribution in [2.45, 2.75) is 25.2 Å². The van der Waals surface area contributed by atoms with Crippen LogP contribution in [0.15, 0.2) is 29.3 Å². The molecule has 1 aromatic carbocycles. The Kier molecular flexibility index (Phi) is 8.63. The fourth-order valence-corrected chi connectivity index (χ4v) is 3.16. The minimum absolute atomic E-state index is 0.235. The van der Waals surface area contributed by atoms with Crippen LogP contribution in [0, 0.1) is 0 Å². The van der Waals surface area contributed by atoms with Gasteiger partial charge in [0.1, 0.15) is 0 Å². The van der Waals surface area contributed by atoms with Gasteiger partial charge in [0.2, 0.25) is 0 Å². The van der Waals surface area contributed by atoms with Crippen molar-refractivity contribution in [3.8, 4) is 0 Å². The summed E-state index contributed by atoms with van der Waals surface area (Å²) in [6.07, 6.45) is -8.72. The Morgan fingerprint density at radius 2 is 1.67 bits per heavy atom. The monoisotopic (exact) mass is 439 g/mol. The lowest BCUT2D eigenvalue weighted by Crippen LogP contribution is -2.47. The minimum Gasteiger partial charge on any atom is -0.369 e. The number of alkyl halides is 6. The maximum atomic E-state index is 12.9. The highest BCUT2D eigenvalue weighted by Crippen LogP contribution is 2.31. The normalized spacial score (nSPS) is 16.6. The summed E-state index contributed by atoms with van der Waals surface area (Å²) < 4.78 is 75.1. The van der Waals surface area contributed by atoms with Crippen molar-refractivity contribution in [1.82, 2.24) is 15.5 Å². The highest BCUT2D eigenvalue weighted by atomic mass is 19.4. The van der Waals surface area contributed by atoms with Gasteiger partial charge in [-0.2, -0.15) is 26.3 Å². The molecule has 2 N–H and O–H groups in total. The molecule has 0 atom stereocenters. The van der Waals surface area contributed by atoms with Crippen LogP contribution in [0.4, 0.5) is 32.0 Å². The summed E-state index contributed by atoms with van der Waals surface area (Å²) >= 11 is 0. The first-order valence-electron chi connectivity index (χ1n) is 9.74. The van der Waals surface area contributed by atoms with Crippen LogP contribution >= 0.6 is 0 Å². The van der Waals surface area contributed by atoms with E-state index in [2.05, 4.69) is 20.5 Å². The summed E-state index contributed by atoms with van der Waals surface area (Å²) in [6.45, 7) is 3.83. The van der Waals surface area contributed by atoms with Crippen LogP contribution in [0.1, 0.15) is 18.4 Å². The molecule has 1 aliphatic rings. The number of nitrogens with one attached hydrogen (secondary N) is 2. The fourth-order valence-electron chi connectivity index (χ4n) is 3.16. The molecule has 0 unspecified atom stereocenters. The summed E-state index contributed by atoms with van der Waals surface area (Å²) in [4.78, 5) is 8.04. The van der Waals surface area contributed by atoms with E-state index in [0.29, 0.717) is 31.3 Å². The summed E-state index contributed by atoms with van der Waals surface area (Å²) in [5.74, 6) is 0.327. The van der Waals surface area contributed by atoms with E-state index in [1.54, 1.807) is 6.07 Å². The molecular formula is C19H27F6N5. The molecule has 0 aromatic heterocycles. The molecule has 0 bridgehead atoms. The van der Waals surface area contributed by atoms with Gasteiger partial charge in [0.25, 0.3) is 0 Å². The summed E-state index contributed by atoms with van der Waals surface area (Å²) in [6, 6.07) is 5.35. The maximum absolute atomic E-state index is 12.9. The van der Waals surface area contributed by atoms with E-state index in [1.807, 2.05) is 4.90 Å². The van der Waals surface area contributed by atoms with Gasteiger partial charge < -0.3 is 15.5 Å². The molecule has 30 heavy (non-hydrogen) atoms. The molecule has 1 fully saturated rings. The minimum atomic E-state index is -4.35. The van der Waals surface area contributed by atoms with Crippen LogP contribution in [-0.2, 0) is 6.18 Å². The standard InChI is InChI=1S/C19H27F6N5/c1-26-17(28-8-6-18(20,21)22)27-7-3-9-29-10-12-30(13-11-29)16-5-2-4-15(14-16)19(23,24)25/h2,4-5,14H,3,6-13H2,1H3,(H2,26,27,28). The molecular weight excluding hydrogens is 412 g/mol. The molecule has 1 aliphatic heterocycles. The first kappa shape index (κ1) is 24.1. The van der Waals surface area contributed by atoms with Crippen molar-refractivity contribution in [2.24, 2.45) is 4.99 Å². The quantitative estimate of drug-likeness (QED) is 0.296. The van der Waals surface area contributed by atoms with Gasteiger partial charge in [-0.1, -0.05) is 6.07 Å². The lowest BCUT2D eigenvalue weighted by Gasteiger charge is -2.36. The molecule has 5 nitrogen and oxygen atoms in total. The lowest BCUT2D eigenvalue weighted by molar-refractivity contribution is -0.137. The average molecular weight is 439 g/mol. The molecule has 1 heterocycles. The Morgan fingerprint density at radius 3 is 2.27 bits per heavy atom. The number of guanidine groups is 1. The van der Waals surface area contributed by atoms with E-state index < -0.39 is 24.3 Å². The molecule has 170 valence electrons. The number of benzene rings is 1. The summed E-state index contributed by atoms with van der Waals surface area (Å²) in [5.41, 5.74) is -0.0781. The zero-order valence-electron chi connectivity index (χ0n) is 16.8. The van der Waals surface area contributed by atoms with E-state index >= 15 is 0 Å². The molecule has 0 saturated carbocycles. The third-order valence-corrected chi connectivity index (χ3v) is 4.78.